The monoisotopic (exact) mass is 236 g/mol. The summed E-state index contributed by atoms with van der Waals surface area (Å²) < 4.78 is 11.0. The highest BCUT2D eigenvalue weighted by Gasteiger charge is 2.37. The number of fused-ring (bicyclic) bond motifs is 1. The number of aryl methyl sites for hydroxylation is 1. The second-order valence-electron chi connectivity index (χ2n) is 4.73. The lowest BCUT2D eigenvalue weighted by Gasteiger charge is -2.21. The number of carbonyl (C=O) groups is 1. The average molecular weight is 236 g/mol. The standard InChI is InChI=1S/C13H16O4/c1-8-4-11-9(5-10(8)16-3)6-13(2,17-11)7-12(14)15/h4-5H,6-7H2,1-3H3,(H,14,15). The van der Waals surface area contributed by atoms with Gasteiger partial charge in [-0.3, -0.25) is 4.79 Å². The molecule has 0 saturated carbocycles. The normalized spacial score (nSPS) is 21.8. The van der Waals surface area contributed by atoms with Gasteiger partial charge in [0.05, 0.1) is 13.5 Å². The van der Waals surface area contributed by atoms with Crippen molar-refractivity contribution >= 4 is 5.97 Å². The van der Waals surface area contributed by atoms with E-state index in [9.17, 15) is 4.79 Å². The molecule has 1 unspecified atom stereocenters. The van der Waals surface area contributed by atoms with Crippen molar-refractivity contribution in [2.45, 2.75) is 32.3 Å². The van der Waals surface area contributed by atoms with Gasteiger partial charge in [-0.15, -0.1) is 0 Å². The summed E-state index contributed by atoms with van der Waals surface area (Å²) in [6.45, 7) is 3.76. The fourth-order valence-corrected chi connectivity index (χ4v) is 2.28. The molecule has 4 heteroatoms. The van der Waals surface area contributed by atoms with E-state index in [0.29, 0.717) is 6.42 Å². The third-order valence-electron chi connectivity index (χ3n) is 3.02. The number of hydrogen-bond acceptors (Lipinski definition) is 3. The molecule has 0 spiro atoms. The Balaban J connectivity index is 2.30. The van der Waals surface area contributed by atoms with Gasteiger partial charge in [0, 0.05) is 12.0 Å². The molecule has 2 rings (SSSR count). The van der Waals surface area contributed by atoms with Gasteiger partial charge in [0.2, 0.25) is 0 Å². The lowest BCUT2D eigenvalue weighted by atomic mass is 9.95. The molecule has 0 amide bonds. The zero-order chi connectivity index (χ0) is 12.6. The zero-order valence-corrected chi connectivity index (χ0v) is 10.2. The fourth-order valence-electron chi connectivity index (χ4n) is 2.28. The summed E-state index contributed by atoms with van der Waals surface area (Å²) in [6, 6.07) is 3.83. The first-order valence-electron chi connectivity index (χ1n) is 5.52. The van der Waals surface area contributed by atoms with E-state index in [1.54, 1.807) is 7.11 Å². The van der Waals surface area contributed by atoms with E-state index in [-0.39, 0.29) is 6.42 Å². The van der Waals surface area contributed by atoms with E-state index < -0.39 is 11.6 Å². The second kappa shape index (κ2) is 3.95. The molecule has 0 bridgehead atoms. The van der Waals surface area contributed by atoms with Crippen molar-refractivity contribution in [2.75, 3.05) is 7.11 Å². The van der Waals surface area contributed by atoms with E-state index in [1.165, 1.54) is 0 Å². The van der Waals surface area contributed by atoms with E-state index >= 15 is 0 Å². The van der Waals surface area contributed by atoms with Crippen LogP contribution in [0.5, 0.6) is 11.5 Å². The molecule has 1 N–H and O–H groups in total. The van der Waals surface area contributed by atoms with Gasteiger partial charge >= 0.3 is 5.97 Å². The van der Waals surface area contributed by atoms with Crippen LogP contribution >= 0.6 is 0 Å². The molecule has 0 fully saturated rings. The van der Waals surface area contributed by atoms with E-state index in [4.69, 9.17) is 14.6 Å². The molecule has 0 radical (unpaired) electrons. The van der Waals surface area contributed by atoms with Crippen molar-refractivity contribution < 1.29 is 19.4 Å². The Kier molecular flexibility index (Phi) is 2.73. The maximum Gasteiger partial charge on any atom is 0.307 e. The Bertz CT molecular complexity index is 467. The Morgan fingerprint density at radius 1 is 1.59 bits per heavy atom. The van der Waals surface area contributed by atoms with Crippen molar-refractivity contribution in [3.8, 4) is 11.5 Å². The molecular formula is C13H16O4. The summed E-state index contributed by atoms with van der Waals surface area (Å²) in [5.41, 5.74) is 1.36. The summed E-state index contributed by atoms with van der Waals surface area (Å²) >= 11 is 0. The van der Waals surface area contributed by atoms with Crippen LogP contribution in [0.3, 0.4) is 0 Å². The predicted octanol–water partition coefficient (Wildman–Crippen LogP) is 2.17. The summed E-state index contributed by atoms with van der Waals surface area (Å²) in [4.78, 5) is 10.8. The molecule has 0 aromatic heterocycles. The number of hydrogen-bond donors (Lipinski definition) is 1. The molecule has 17 heavy (non-hydrogen) atoms. The third kappa shape index (κ3) is 2.20. The quantitative estimate of drug-likeness (QED) is 0.873. The SMILES string of the molecule is COc1cc2c(cc1C)OC(C)(CC(=O)O)C2. The number of ether oxygens (including phenoxy) is 2. The highest BCUT2D eigenvalue weighted by molar-refractivity contribution is 5.68. The predicted molar refractivity (Wildman–Crippen MR) is 62.7 cm³/mol. The number of carboxylic acids is 1. The van der Waals surface area contributed by atoms with Crippen molar-refractivity contribution in [3.05, 3.63) is 23.3 Å². The first-order valence-corrected chi connectivity index (χ1v) is 5.52. The van der Waals surface area contributed by atoms with Crippen LogP contribution in [0.25, 0.3) is 0 Å². The smallest absolute Gasteiger partial charge is 0.307 e. The molecule has 1 aliphatic rings. The molecule has 1 aliphatic heterocycles. The van der Waals surface area contributed by atoms with Gasteiger partial charge in [0.1, 0.15) is 17.1 Å². The van der Waals surface area contributed by atoms with Crippen LogP contribution in [0, 0.1) is 6.92 Å². The minimum absolute atomic E-state index is 0.00302. The first-order chi connectivity index (χ1) is 7.93. The van der Waals surface area contributed by atoms with Gasteiger partial charge in [-0.1, -0.05) is 0 Å². The number of carboxylic acid groups (broad SMARTS) is 1. The van der Waals surface area contributed by atoms with Crippen molar-refractivity contribution in [1.82, 2.24) is 0 Å². The molecule has 0 aliphatic carbocycles. The maximum absolute atomic E-state index is 10.8. The van der Waals surface area contributed by atoms with Crippen LogP contribution < -0.4 is 9.47 Å². The van der Waals surface area contributed by atoms with Gasteiger partial charge in [-0.2, -0.15) is 0 Å². The Morgan fingerprint density at radius 2 is 2.29 bits per heavy atom. The largest absolute Gasteiger partial charge is 0.496 e. The van der Waals surface area contributed by atoms with Crippen molar-refractivity contribution in [3.63, 3.8) is 0 Å². The lowest BCUT2D eigenvalue weighted by Crippen LogP contribution is -2.33. The van der Waals surface area contributed by atoms with Crippen LogP contribution in [0.15, 0.2) is 12.1 Å². The van der Waals surface area contributed by atoms with Gasteiger partial charge in [0.25, 0.3) is 0 Å². The summed E-state index contributed by atoms with van der Waals surface area (Å²) in [6.07, 6.45) is 0.605. The molecule has 1 aromatic carbocycles. The lowest BCUT2D eigenvalue weighted by molar-refractivity contribution is -0.140. The van der Waals surface area contributed by atoms with Crippen LogP contribution in [0.4, 0.5) is 0 Å². The van der Waals surface area contributed by atoms with Crippen LogP contribution in [-0.2, 0) is 11.2 Å². The summed E-state index contributed by atoms with van der Waals surface area (Å²) in [5, 5.41) is 8.87. The molecule has 0 saturated heterocycles. The van der Waals surface area contributed by atoms with Crippen LogP contribution in [0.2, 0.25) is 0 Å². The topological polar surface area (TPSA) is 55.8 Å². The average Bonchev–Trinajstić information content (AvgIpc) is 2.50. The molecular weight excluding hydrogens is 220 g/mol. The van der Waals surface area contributed by atoms with Crippen molar-refractivity contribution in [2.24, 2.45) is 0 Å². The van der Waals surface area contributed by atoms with E-state index in [1.807, 2.05) is 26.0 Å². The van der Waals surface area contributed by atoms with Gasteiger partial charge in [-0.05, 0) is 31.5 Å². The van der Waals surface area contributed by atoms with Crippen LogP contribution in [-0.4, -0.2) is 23.8 Å². The molecule has 92 valence electrons. The molecule has 4 nitrogen and oxygen atoms in total. The fraction of sp³-hybridized carbons (Fsp3) is 0.462. The minimum Gasteiger partial charge on any atom is -0.496 e. The third-order valence-corrected chi connectivity index (χ3v) is 3.02. The maximum atomic E-state index is 10.8. The molecule has 1 atom stereocenters. The zero-order valence-electron chi connectivity index (χ0n) is 10.2. The van der Waals surface area contributed by atoms with Crippen LogP contribution in [0.1, 0.15) is 24.5 Å². The second-order valence-corrected chi connectivity index (χ2v) is 4.73. The van der Waals surface area contributed by atoms with Gasteiger partial charge < -0.3 is 14.6 Å². The van der Waals surface area contributed by atoms with Gasteiger partial charge in [0.15, 0.2) is 0 Å². The summed E-state index contributed by atoms with van der Waals surface area (Å²) in [5.74, 6) is 0.739. The highest BCUT2D eigenvalue weighted by atomic mass is 16.5. The highest BCUT2D eigenvalue weighted by Crippen LogP contribution is 2.40. The van der Waals surface area contributed by atoms with E-state index in [2.05, 4.69) is 0 Å². The van der Waals surface area contributed by atoms with Crippen molar-refractivity contribution in [1.29, 1.82) is 0 Å². The Morgan fingerprint density at radius 3 is 2.88 bits per heavy atom. The Labute approximate surface area is 100 Å². The molecule has 1 heterocycles. The van der Waals surface area contributed by atoms with E-state index in [0.717, 1.165) is 22.6 Å². The molecule has 1 aromatic rings. The summed E-state index contributed by atoms with van der Waals surface area (Å²) in [7, 11) is 1.63. The first kappa shape index (κ1) is 11.8. The minimum atomic E-state index is -0.844. The number of methoxy groups -OCH3 is 1. The van der Waals surface area contributed by atoms with Gasteiger partial charge in [-0.25, -0.2) is 0 Å². The number of aliphatic carboxylic acids is 1. The number of benzene rings is 1. The number of rotatable bonds is 3. The Hall–Kier alpha value is -1.71.